The number of carbonyl (C=O) groups excluding carboxylic acids is 2. The molecule has 2 aromatic rings. The Kier molecular flexibility index (Phi) is 4.74. The number of likely N-dealkylation sites (N-methyl/N-ethyl adjacent to an activating group) is 2. The summed E-state index contributed by atoms with van der Waals surface area (Å²) in [5.41, 5.74) is 6.98. The number of nitrogens with one attached hydrogen (secondary N) is 1. The zero-order valence-electron chi connectivity index (χ0n) is 12.0. The average molecular weight is 306 g/mol. The van der Waals surface area contributed by atoms with Gasteiger partial charge < -0.3 is 16.0 Å². The number of benzene rings is 1. The Bertz CT molecular complexity index is 668. The van der Waals surface area contributed by atoms with E-state index in [2.05, 4.69) is 10.3 Å². The van der Waals surface area contributed by atoms with Crippen molar-refractivity contribution in [2.45, 2.75) is 13.8 Å². The van der Waals surface area contributed by atoms with Gasteiger partial charge in [-0.1, -0.05) is 11.3 Å². The van der Waals surface area contributed by atoms with Crippen LogP contribution in [0.15, 0.2) is 18.2 Å². The molecule has 0 aliphatic carbocycles. The lowest BCUT2D eigenvalue weighted by atomic mass is 10.2. The van der Waals surface area contributed by atoms with Gasteiger partial charge in [0, 0.05) is 18.7 Å². The highest BCUT2D eigenvalue weighted by Crippen LogP contribution is 2.25. The van der Waals surface area contributed by atoms with Crippen LogP contribution in [0.4, 0.5) is 5.13 Å². The zero-order valence-corrected chi connectivity index (χ0v) is 12.9. The first-order valence-electron chi connectivity index (χ1n) is 6.77. The maximum atomic E-state index is 12.5. The molecule has 6 nitrogen and oxygen atoms in total. The number of anilines is 1. The van der Waals surface area contributed by atoms with Crippen molar-refractivity contribution in [3.05, 3.63) is 23.8 Å². The highest BCUT2D eigenvalue weighted by Gasteiger charge is 2.17. The highest BCUT2D eigenvalue weighted by atomic mass is 32.1. The van der Waals surface area contributed by atoms with E-state index >= 15 is 0 Å². The Morgan fingerprint density at radius 1 is 1.38 bits per heavy atom. The third-order valence-electron chi connectivity index (χ3n) is 3.03. The molecular formula is C14H18N4O2S. The van der Waals surface area contributed by atoms with Gasteiger partial charge in [0.15, 0.2) is 5.13 Å². The lowest BCUT2D eigenvalue weighted by molar-refractivity contribution is -0.121. The van der Waals surface area contributed by atoms with Crippen LogP contribution in [-0.4, -0.2) is 41.3 Å². The molecule has 0 saturated heterocycles. The Hall–Kier alpha value is -2.15. The number of rotatable bonds is 5. The molecule has 0 unspecified atom stereocenters. The van der Waals surface area contributed by atoms with Gasteiger partial charge in [-0.25, -0.2) is 4.98 Å². The fourth-order valence-corrected chi connectivity index (χ4v) is 2.79. The van der Waals surface area contributed by atoms with Crippen molar-refractivity contribution in [2.24, 2.45) is 0 Å². The number of nitrogens with zero attached hydrogens (tertiary/aromatic N) is 2. The lowest BCUT2D eigenvalue weighted by Gasteiger charge is -2.20. The van der Waals surface area contributed by atoms with Gasteiger partial charge in [-0.3, -0.25) is 9.59 Å². The van der Waals surface area contributed by atoms with Crippen LogP contribution in [0.25, 0.3) is 10.2 Å². The van der Waals surface area contributed by atoms with Crippen molar-refractivity contribution < 1.29 is 9.59 Å². The molecule has 0 spiro atoms. The molecule has 1 aromatic carbocycles. The van der Waals surface area contributed by atoms with Crippen LogP contribution in [-0.2, 0) is 4.79 Å². The fraction of sp³-hybridized carbons (Fsp3) is 0.357. The Balaban J connectivity index is 2.20. The van der Waals surface area contributed by atoms with Gasteiger partial charge in [0.2, 0.25) is 5.91 Å². The first-order valence-corrected chi connectivity index (χ1v) is 7.58. The maximum Gasteiger partial charge on any atom is 0.254 e. The molecule has 2 amide bonds. The number of amides is 2. The normalized spacial score (nSPS) is 10.6. The number of nitrogen functional groups attached to an aromatic ring is 1. The quantitative estimate of drug-likeness (QED) is 0.875. The second-order valence-corrected chi connectivity index (χ2v) is 5.57. The smallest absolute Gasteiger partial charge is 0.254 e. The van der Waals surface area contributed by atoms with Gasteiger partial charge in [-0.15, -0.1) is 0 Å². The Labute approximate surface area is 127 Å². The summed E-state index contributed by atoms with van der Waals surface area (Å²) in [7, 11) is 0. The summed E-state index contributed by atoms with van der Waals surface area (Å²) in [5.74, 6) is -0.326. The van der Waals surface area contributed by atoms with Gasteiger partial charge in [0.25, 0.3) is 5.91 Å². The van der Waals surface area contributed by atoms with E-state index in [1.54, 1.807) is 18.2 Å². The van der Waals surface area contributed by atoms with E-state index in [0.717, 1.165) is 10.2 Å². The number of hydrogen-bond acceptors (Lipinski definition) is 5. The summed E-state index contributed by atoms with van der Waals surface area (Å²) < 4.78 is 0.868. The number of thiazole rings is 1. The molecular weight excluding hydrogens is 288 g/mol. The van der Waals surface area contributed by atoms with E-state index in [9.17, 15) is 9.59 Å². The summed E-state index contributed by atoms with van der Waals surface area (Å²) in [6, 6.07) is 5.26. The lowest BCUT2D eigenvalue weighted by Crippen LogP contribution is -2.40. The number of fused-ring (bicyclic) bond motifs is 1. The molecule has 0 aliphatic rings. The third-order valence-corrected chi connectivity index (χ3v) is 3.88. The fourth-order valence-electron chi connectivity index (χ4n) is 2.01. The first kappa shape index (κ1) is 15.2. The molecule has 0 radical (unpaired) electrons. The van der Waals surface area contributed by atoms with Crippen LogP contribution >= 0.6 is 11.3 Å². The minimum Gasteiger partial charge on any atom is -0.375 e. The first-order chi connectivity index (χ1) is 10.0. The SMILES string of the molecule is CCNC(=O)CN(CC)C(=O)c1ccc2nc(N)sc2c1. The van der Waals surface area contributed by atoms with Crippen molar-refractivity contribution in [3.63, 3.8) is 0 Å². The van der Waals surface area contributed by atoms with E-state index < -0.39 is 0 Å². The predicted octanol–water partition coefficient (Wildman–Crippen LogP) is 1.48. The molecule has 0 aliphatic heterocycles. The average Bonchev–Trinajstić information content (AvgIpc) is 2.83. The zero-order chi connectivity index (χ0) is 15.4. The van der Waals surface area contributed by atoms with Gasteiger partial charge in [0.05, 0.1) is 16.8 Å². The molecule has 1 heterocycles. The van der Waals surface area contributed by atoms with Gasteiger partial charge in [-0.05, 0) is 32.0 Å². The number of hydrogen-bond donors (Lipinski definition) is 2. The molecule has 7 heteroatoms. The van der Waals surface area contributed by atoms with E-state index in [1.807, 2.05) is 13.8 Å². The van der Waals surface area contributed by atoms with E-state index in [-0.39, 0.29) is 18.4 Å². The second-order valence-electron chi connectivity index (χ2n) is 4.51. The topological polar surface area (TPSA) is 88.3 Å². The van der Waals surface area contributed by atoms with E-state index in [1.165, 1.54) is 16.2 Å². The van der Waals surface area contributed by atoms with Crippen LogP contribution in [0.5, 0.6) is 0 Å². The van der Waals surface area contributed by atoms with Crippen LogP contribution in [0.2, 0.25) is 0 Å². The van der Waals surface area contributed by atoms with E-state index in [4.69, 9.17) is 5.73 Å². The largest absolute Gasteiger partial charge is 0.375 e. The van der Waals surface area contributed by atoms with Gasteiger partial charge in [0.1, 0.15) is 0 Å². The Morgan fingerprint density at radius 3 is 2.81 bits per heavy atom. The third kappa shape index (κ3) is 3.49. The number of nitrogens with two attached hydrogens (primary N) is 1. The molecule has 2 rings (SSSR count). The molecule has 0 bridgehead atoms. The van der Waals surface area contributed by atoms with E-state index in [0.29, 0.717) is 23.8 Å². The summed E-state index contributed by atoms with van der Waals surface area (Å²) in [5, 5.41) is 3.17. The van der Waals surface area contributed by atoms with Crippen molar-refractivity contribution in [2.75, 3.05) is 25.4 Å². The van der Waals surface area contributed by atoms with Crippen LogP contribution in [0, 0.1) is 0 Å². The second kappa shape index (κ2) is 6.53. The minimum absolute atomic E-state index is 0.0615. The molecule has 21 heavy (non-hydrogen) atoms. The van der Waals surface area contributed by atoms with Crippen molar-refractivity contribution in [1.82, 2.24) is 15.2 Å². The maximum absolute atomic E-state index is 12.5. The molecule has 3 N–H and O–H groups in total. The molecule has 0 fully saturated rings. The summed E-state index contributed by atoms with van der Waals surface area (Å²) in [4.78, 5) is 29.8. The summed E-state index contributed by atoms with van der Waals surface area (Å²) >= 11 is 1.34. The number of carbonyl (C=O) groups is 2. The van der Waals surface area contributed by atoms with Crippen LogP contribution in [0.3, 0.4) is 0 Å². The molecule has 112 valence electrons. The molecule has 0 atom stereocenters. The summed E-state index contributed by atoms with van der Waals surface area (Å²) in [6.45, 7) is 4.78. The van der Waals surface area contributed by atoms with Crippen molar-refractivity contribution in [3.8, 4) is 0 Å². The number of aromatic nitrogens is 1. The van der Waals surface area contributed by atoms with Gasteiger partial charge in [-0.2, -0.15) is 0 Å². The predicted molar refractivity (Wildman–Crippen MR) is 84.3 cm³/mol. The Morgan fingerprint density at radius 2 is 2.14 bits per heavy atom. The van der Waals surface area contributed by atoms with Crippen LogP contribution in [0.1, 0.15) is 24.2 Å². The van der Waals surface area contributed by atoms with Crippen LogP contribution < -0.4 is 11.1 Å². The molecule has 0 saturated carbocycles. The van der Waals surface area contributed by atoms with Gasteiger partial charge >= 0.3 is 0 Å². The monoisotopic (exact) mass is 306 g/mol. The standard InChI is InChI=1S/C14H18N4O2S/c1-3-16-12(19)8-18(4-2)13(20)9-5-6-10-11(7-9)21-14(15)17-10/h5-7H,3-4,8H2,1-2H3,(H2,15,17)(H,16,19). The minimum atomic E-state index is -0.169. The van der Waals surface area contributed by atoms with Crippen molar-refractivity contribution in [1.29, 1.82) is 0 Å². The van der Waals surface area contributed by atoms with Crippen molar-refractivity contribution >= 4 is 38.5 Å². The summed E-state index contributed by atoms with van der Waals surface area (Å²) in [6.07, 6.45) is 0. The highest BCUT2D eigenvalue weighted by molar-refractivity contribution is 7.22. The molecule has 1 aromatic heterocycles.